The van der Waals surface area contributed by atoms with Gasteiger partial charge in [0.25, 0.3) is 0 Å². The van der Waals surface area contributed by atoms with E-state index in [0.29, 0.717) is 42.8 Å². The van der Waals surface area contributed by atoms with Gasteiger partial charge >= 0.3 is 12.3 Å². The lowest BCUT2D eigenvalue weighted by atomic mass is 10.0. The number of allylic oxidation sites excluding steroid dienone is 1. The molecule has 3 N–H and O–H groups in total. The van der Waals surface area contributed by atoms with Crippen molar-refractivity contribution in [2.75, 3.05) is 11.9 Å². The first-order valence-corrected chi connectivity index (χ1v) is 17.1. The predicted molar refractivity (Wildman–Crippen MR) is 174 cm³/mol. The molecule has 266 valence electrons. The molecule has 0 spiro atoms. The molecule has 0 radical (unpaired) electrons. The molecule has 14 heteroatoms. The van der Waals surface area contributed by atoms with Crippen LogP contribution >= 0.6 is 0 Å². The number of ether oxygens (including phenoxy) is 1. The summed E-state index contributed by atoms with van der Waals surface area (Å²) in [6.45, 7) is 1.89. The van der Waals surface area contributed by atoms with Crippen molar-refractivity contribution in [1.82, 2.24) is 20.5 Å². The fraction of sp³-hybridized carbons (Fsp3) is 0.500. The first-order valence-electron chi connectivity index (χ1n) is 17.1. The lowest BCUT2D eigenvalue weighted by Crippen LogP contribution is -2.58. The van der Waals surface area contributed by atoms with Crippen LogP contribution in [0.3, 0.4) is 0 Å². The van der Waals surface area contributed by atoms with Gasteiger partial charge in [0.15, 0.2) is 5.58 Å². The molecule has 1 aromatic heterocycles. The van der Waals surface area contributed by atoms with Gasteiger partial charge in [-0.05, 0) is 75.8 Å². The van der Waals surface area contributed by atoms with E-state index >= 15 is 0 Å². The van der Waals surface area contributed by atoms with Crippen LogP contribution in [-0.2, 0) is 20.6 Å². The number of oxazole rings is 1. The number of anilines is 1. The van der Waals surface area contributed by atoms with E-state index in [0.717, 1.165) is 31.4 Å². The van der Waals surface area contributed by atoms with Crippen molar-refractivity contribution < 1.29 is 41.1 Å². The van der Waals surface area contributed by atoms with Gasteiger partial charge in [0.1, 0.15) is 35.1 Å². The zero-order chi connectivity index (χ0) is 35.3. The number of halogens is 4. The Hall–Kier alpha value is -4.62. The maximum atomic E-state index is 14.4. The quantitative estimate of drug-likeness (QED) is 0.217. The minimum Gasteiger partial charge on any atom is -0.445 e. The molecule has 3 fully saturated rings. The summed E-state index contributed by atoms with van der Waals surface area (Å²) in [4.78, 5) is 48.0. The average molecular weight is 698 g/mol. The lowest BCUT2D eigenvalue weighted by Gasteiger charge is -2.30. The van der Waals surface area contributed by atoms with Gasteiger partial charge in [-0.2, -0.15) is 18.2 Å². The highest BCUT2D eigenvalue weighted by molar-refractivity contribution is 5.98. The summed E-state index contributed by atoms with van der Waals surface area (Å²) >= 11 is 0. The zero-order valence-corrected chi connectivity index (χ0v) is 27.5. The van der Waals surface area contributed by atoms with E-state index in [4.69, 9.17) is 9.15 Å². The smallest absolute Gasteiger partial charge is 0.416 e. The second kappa shape index (κ2) is 12.9. The first-order chi connectivity index (χ1) is 23.8. The van der Waals surface area contributed by atoms with E-state index in [1.54, 1.807) is 24.3 Å². The minimum atomic E-state index is -4.80. The summed E-state index contributed by atoms with van der Waals surface area (Å²) in [5, 5.41) is 8.93. The molecule has 3 amide bonds. The second-order valence-electron chi connectivity index (χ2n) is 14.2. The van der Waals surface area contributed by atoms with E-state index in [9.17, 15) is 31.9 Å². The lowest BCUT2D eigenvalue weighted by molar-refractivity contribution is -0.140. The third-order valence-corrected chi connectivity index (χ3v) is 10.2. The van der Waals surface area contributed by atoms with Crippen molar-refractivity contribution >= 4 is 34.5 Å². The van der Waals surface area contributed by atoms with Crippen LogP contribution in [0.4, 0.5) is 23.2 Å². The number of fused-ring (bicyclic) bond motifs is 3. The topological polar surface area (TPSA) is 126 Å². The fourth-order valence-electron chi connectivity index (χ4n) is 6.95. The number of nitrogens with zero attached hydrogens (tertiary/aromatic N) is 2. The van der Waals surface area contributed by atoms with Crippen LogP contribution < -0.4 is 20.7 Å². The molecular formula is C36H39F4N5O5. The van der Waals surface area contributed by atoms with Crippen LogP contribution in [0.25, 0.3) is 11.1 Å². The number of nitrogens with one attached hydrogen (secondary N) is 3. The number of rotatable bonds is 6. The van der Waals surface area contributed by atoms with E-state index < -0.39 is 53.1 Å². The fourth-order valence-corrected chi connectivity index (χ4v) is 6.95. The molecule has 5 atom stereocenters. The van der Waals surface area contributed by atoms with E-state index in [1.165, 1.54) is 4.90 Å². The van der Waals surface area contributed by atoms with Gasteiger partial charge in [-0.1, -0.05) is 37.1 Å². The number of hydrogen-bond acceptors (Lipinski definition) is 7. The molecule has 2 aliphatic carbocycles. The molecule has 4 aliphatic rings. The van der Waals surface area contributed by atoms with Gasteiger partial charge in [0.05, 0.1) is 12.1 Å². The van der Waals surface area contributed by atoms with Crippen molar-refractivity contribution in [3.8, 4) is 6.08 Å². The largest absolute Gasteiger partial charge is 0.445 e. The van der Waals surface area contributed by atoms with Crippen molar-refractivity contribution in [1.29, 1.82) is 0 Å². The summed E-state index contributed by atoms with van der Waals surface area (Å²) in [7, 11) is 0. The van der Waals surface area contributed by atoms with Crippen molar-refractivity contribution in [3.05, 3.63) is 66.0 Å². The monoisotopic (exact) mass is 697 g/mol. The Morgan fingerprint density at radius 3 is 2.68 bits per heavy atom. The minimum absolute atomic E-state index is 0.0388. The number of amides is 3. The number of carbonyl (C=O) groups is 3. The van der Waals surface area contributed by atoms with Crippen LogP contribution in [0.1, 0.15) is 70.3 Å². The molecular weight excluding hydrogens is 658 g/mol. The normalized spacial score (nSPS) is 28.8. The highest BCUT2D eigenvalue weighted by Gasteiger charge is 2.62. The van der Waals surface area contributed by atoms with Crippen molar-refractivity contribution in [3.63, 3.8) is 0 Å². The third-order valence-electron chi connectivity index (χ3n) is 10.2. The Bertz CT molecular complexity index is 1790. The van der Waals surface area contributed by atoms with Crippen LogP contribution in [0.2, 0.25) is 0 Å². The molecule has 50 heavy (non-hydrogen) atoms. The Balaban J connectivity index is 1.19. The summed E-state index contributed by atoms with van der Waals surface area (Å²) in [6, 6.07) is 6.95. The van der Waals surface area contributed by atoms with Gasteiger partial charge in [-0.3, -0.25) is 14.4 Å². The molecule has 0 unspecified atom stereocenters. The van der Waals surface area contributed by atoms with E-state index in [-0.39, 0.29) is 48.5 Å². The molecule has 2 aromatic carbocycles. The van der Waals surface area contributed by atoms with Crippen molar-refractivity contribution in [2.24, 2.45) is 5.92 Å². The van der Waals surface area contributed by atoms with Gasteiger partial charge in [-0.15, -0.1) is 0 Å². The number of aromatic nitrogens is 1. The summed E-state index contributed by atoms with van der Waals surface area (Å²) in [5.41, 5.74) is -1.84. The number of hydrogen-bond donors (Lipinski definition) is 3. The molecule has 2 aliphatic heterocycles. The molecule has 2 saturated carbocycles. The molecule has 3 aromatic rings. The van der Waals surface area contributed by atoms with Crippen LogP contribution in [-0.4, -0.2) is 63.4 Å². The average Bonchev–Trinajstić information content (AvgIpc) is 3.83. The van der Waals surface area contributed by atoms with Crippen LogP contribution in [0, 0.1) is 11.7 Å². The molecule has 3 heterocycles. The highest BCUT2D eigenvalue weighted by atomic mass is 19.4. The number of para-hydroxylation sites is 2. The first kappa shape index (κ1) is 33.9. The zero-order valence-electron chi connectivity index (χ0n) is 27.5. The van der Waals surface area contributed by atoms with Crippen molar-refractivity contribution in [2.45, 2.75) is 100 Å². The number of alkyl halides is 3. The van der Waals surface area contributed by atoms with Gasteiger partial charge < -0.3 is 30.0 Å². The van der Waals surface area contributed by atoms with Gasteiger partial charge in [0.2, 0.25) is 17.7 Å². The Morgan fingerprint density at radius 2 is 1.92 bits per heavy atom. The third kappa shape index (κ3) is 7.15. The molecule has 1 saturated heterocycles. The second-order valence-corrected chi connectivity index (χ2v) is 14.2. The molecule has 7 rings (SSSR count). The highest BCUT2D eigenvalue weighted by Crippen LogP contribution is 2.47. The Morgan fingerprint density at radius 1 is 1.12 bits per heavy atom. The number of carbonyl (C=O) groups excluding carboxylic acids is 3. The maximum absolute atomic E-state index is 14.4. The van der Waals surface area contributed by atoms with E-state index in [1.807, 2.05) is 19.1 Å². The van der Waals surface area contributed by atoms with Gasteiger partial charge in [0, 0.05) is 23.6 Å². The van der Waals surface area contributed by atoms with Crippen LogP contribution in [0.15, 0.2) is 59.0 Å². The Labute approximate surface area is 286 Å². The SMILES string of the molecule is CC1(NC(=O)[C@@]23C[C@H]2/C=C\CCCCC[C@H](Nc2cc(F)cc(C(F)(F)F)c2)C(=O)N2C[C@H](Oc4nc5ccccc5o4)C[C@H]2C(=O)N3)CC1. The van der Waals surface area contributed by atoms with Gasteiger partial charge in [-0.25, -0.2) is 4.39 Å². The molecule has 10 nitrogen and oxygen atoms in total. The summed E-state index contributed by atoms with van der Waals surface area (Å²) < 4.78 is 66.9. The Kier molecular flexibility index (Phi) is 8.75. The van der Waals surface area contributed by atoms with E-state index in [2.05, 4.69) is 20.9 Å². The predicted octanol–water partition coefficient (Wildman–Crippen LogP) is 5.88. The number of benzene rings is 2. The molecule has 0 bridgehead atoms. The summed E-state index contributed by atoms with van der Waals surface area (Å²) in [6.07, 6.45) is 3.49. The maximum Gasteiger partial charge on any atom is 0.416 e. The standard InChI is InChI=1S/C36H39F4N5O5/c1-34(13-14-34)44-32(48)35-19-21(35)9-5-3-2-4-6-11-27(41-24-16-22(36(38,39)40)15-23(37)17-24)31(47)45-20-25(18-28(45)30(46)43-35)49-33-42-26-10-7-8-12-29(26)50-33/h5,7-10,12,15-17,21,25,27-28,41H,2-4,6,11,13-14,18-20H2,1H3,(H,43,46)(H,44,48)/b9-5-/t21-,25-,27+,28+,35-/m1/s1. The van der Waals surface area contributed by atoms with Crippen LogP contribution in [0.5, 0.6) is 6.08 Å². The summed E-state index contributed by atoms with van der Waals surface area (Å²) in [5.74, 6) is -2.71.